The molecule has 2 bridgehead atoms. The number of aliphatic hydroxyl groups is 1. The first-order valence-corrected chi connectivity index (χ1v) is 12.4. The van der Waals surface area contributed by atoms with Crippen LogP contribution in [0.1, 0.15) is 50.7 Å². The molecule has 9 heteroatoms. The van der Waals surface area contributed by atoms with Crippen molar-refractivity contribution in [3.63, 3.8) is 0 Å². The van der Waals surface area contributed by atoms with Gasteiger partial charge in [0.2, 0.25) is 5.60 Å². The third-order valence-corrected chi connectivity index (χ3v) is 8.03. The summed E-state index contributed by atoms with van der Waals surface area (Å²) in [4.78, 5) is 34.2. The monoisotopic (exact) mass is 469 g/mol. The molecule has 34 heavy (non-hydrogen) atoms. The number of nitrogens with one attached hydrogen (secondary N) is 1. The summed E-state index contributed by atoms with van der Waals surface area (Å²) in [7, 11) is 0. The van der Waals surface area contributed by atoms with E-state index in [0.29, 0.717) is 23.3 Å². The van der Waals surface area contributed by atoms with E-state index in [4.69, 9.17) is 9.15 Å². The standard InChI is InChI=1S/C25H32N4O5/c30-23(28-20-13-26-17-27-14-20)16-29-10-8-18(9-11-29)21(15-29)34-24(31)25(32,22-7-4-12-33-22)19-5-2-1-3-6-19/h4,7,12-14,17-19,21,32H,1-3,5-6,8-11,15-16H2/p+1/t18?,21-,25?,29?/m0/s1. The average Bonchev–Trinajstić information content (AvgIpc) is 3.40. The molecule has 2 atom stereocenters. The van der Waals surface area contributed by atoms with Gasteiger partial charge in [-0.2, -0.15) is 0 Å². The molecule has 3 saturated heterocycles. The highest BCUT2D eigenvalue weighted by Gasteiger charge is 2.54. The molecule has 1 saturated carbocycles. The number of fused-ring (bicyclic) bond motifs is 3. The number of rotatable bonds is 7. The highest BCUT2D eigenvalue weighted by atomic mass is 16.6. The largest absolute Gasteiger partial charge is 0.466 e. The molecule has 3 aliphatic heterocycles. The second kappa shape index (κ2) is 9.46. The van der Waals surface area contributed by atoms with Crippen molar-refractivity contribution in [3.8, 4) is 0 Å². The van der Waals surface area contributed by atoms with Gasteiger partial charge in [0.15, 0.2) is 12.6 Å². The van der Waals surface area contributed by atoms with Gasteiger partial charge in [-0.3, -0.25) is 4.79 Å². The smallest absolute Gasteiger partial charge is 0.346 e. The fourth-order valence-electron chi connectivity index (χ4n) is 6.16. The molecular formula is C25H33N4O5+. The van der Waals surface area contributed by atoms with Gasteiger partial charge in [-0.15, -0.1) is 0 Å². The highest BCUT2D eigenvalue weighted by molar-refractivity contribution is 5.91. The summed E-state index contributed by atoms with van der Waals surface area (Å²) < 4.78 is 12.2. The summed E-state index contributed by atoms with van der Waals surface area (Å²) in [6.45, 7) is 2.64. The first-order chi connectivity index (χ1) is 16.5. The van der Waals surface area contributed by atoms with Crippen LogP contribution in [0.2, 0.25) is 0 Å². The van der Waals surface area contributed by atoms with E-state index in [1.807, 2.05) is 0 Å². The molecule has 0 spiro atoms. The number of anilines is 1. The summed E-state index contributed by atoms with van der Waals surface area (Å²) in [6.07, 6.45) is 12.1. The predicted molar refractivity (Wildman–Crippen MR) is 122 cm³/mol. The topological polar surface area (TPSA) is 115 Å². The number of esters is 1. The second-order valence-electron chi connectivity index (χ2n) is 10.2. The number of piperidine rings is 3. The summed E-state index contributed by atoms with van der Waals surface area (Å²) in [5.41, 5.74) is -1.21. The number of hydrogen-bond donors (Lipinski definition) is 2. The van der Waals surface area contributed by atoms with Crippen molar-refractivity contribution in [2.24, 2.45) is 11.8 Å². The Morgan fingerprint density at radius 2 is 1.88 bits per heavy atom. The summed E-state index contributed by atoms with van der Waals surface area (Å²) in [5, 5.41) is 14.6. The van der Waals surface area contributed by atoms with E-state index in [0.717, 1.165) is 58.0 Å². The zero-order valence-corrected chi connectivity index (χ0v) is 19.4. The average molecular weight is 470 g/mol. The molecule has 182 valence electrons. The van der Waals surface area contributed by atoms with E-state index in [2.05, 4.69) is 15.3 Å². The lowest BCUT2D eigenvalue weighted by molar-refractivity contribution is -0.939. The number of quaternary nitrogens is 1. The Kier molecular flexibility index (Phi) is 6.40. The van der Waals surface area contributed by atoms with Gasteiger partial charge in [0.1, 0.15) is 18.6 Å². The van der Waals surface area contributed by atoms with E-state index in [1.165, 1.54) is 12.6 Å². The van der Waals surface area contributed by atoms with Gasteiger partial charge in [-0.05, 0) is 25.0 Å². The fraction of sp³-hybridized carbons (Fsp3) is 0.600. The van der Waals surface area contributed by atoms with Crippen LogP contribution in [0.25, 0.3) is 0 Å². The lowest BCUT2D eigenvalue weighted by atomic mass is 9.75. The lowest BCUT2D eigenvalue weighted by Crippen LogP contribution is -2.66. The van der Waals surface area contributed by atoms with Crippen LogP contribution >= 0.6 is 0 Å². The van der Waals surface area contributed by atoms with Crippen LogP contribution in [0.5, 0.6) is 0 Å². The van der Waals surface area contributed by atoms with Crippen LogP contribution in [0, 0.1) is 11.8 Å². The lowest BCUT2D eigenvalue weighted by Gasteiger charge is -2.52. The van der Waals surface area contributed by atoms with Crippen LogP contribution < -0.4 is 5.32 Å². The first kappa shape index (κ1) is 23.0. The van der Waals surface area contributed by atoms with Gasteiger partial charge in [-0.25, -0.2) is 14.8 Å². The van der Waals surface area contributed by atoms with E-state index in [1.54, 1.807) is 24.5 Å². The Bertz CT molecular complexity index is 984. The highest BCUT2D eigenvalue weighted by Crippen LogP contribution is 2.42. The number of aromatic nitrogens is 2. The van der Waals surface area contributed by atoms with Gasteiger partial charge in [-0.1, -0.05) is 19.3 Å². The molecule has 4 aliphatic rings. The van der Waals surface area contributed by atoms with Gasteiger partial charge in [0, 0.05) is 24.7 Å². The number of nitrogens with zero attached hydrogens (tertiary/aromatic N) is 3. The van der Waals surface area contributed by atoms with Crippen LogP contribution in [-0.4, -0.2) is 63.7 Å². The number of carbonyl (C=O) groups excluding carboxylic acids is 2. The van der Waals surface area contributed by atoms with Crippen LogP contribution in [-0.2, 0) is 19.9 Å². The number of amides is 1. The summed E-state index contributed by atoms with van der Waals surface area (Å²) >= 11 is 0. The minimum atomic E-state index is -1.77. The fourth-order valence-corrected chi connectivity index (χ4v) is 6.16. The number of ether oxygens (including phenoxy) is 1. The SMILES string of the molecule is O=C(C[N+]12CCC(CC1)[C@@H](OC(=O)C(O)(c1ccco1)C1CCCCC1)C2)Nc1cncnc1. The van der Waals surface area contributed by atoms with Crippen molar-refractivity contribution in [1.82, 2.24) is 9.97 Å². The molecule has 9 nitrogen and oxygen atoms in total. The molecular weight excluding hydrogens is 436 g/mol. The molecule has 0 radical (unpaired) electrons. The maximum atomic E-state index is 13.5. The molecule has 5 heterocycles. The third-order valence-electron chi connectivity index (χ3n) is 8.03. The van der Waals surface area contributed by atoms with Crippen LogP contribution in [0.3, 0.4) is 0 Å². The summed E-state index contributed by atoms with van der Waals surface area (Å²) in [5.74, 6) is -0.421. The molecule has 1 aliphatic carbocycles. The molecule has 2 N–H and O–H groups in total. The van der Waals surface area contributed by atoms with Gasteiger partial charge < -0.3 is 24.1 Å². The maximum Gasteiger partial charge on any atom is 0.346 e. The quantitative estimate of drug-likeness (QED) is 0.473. The van der Waals surface area contributed by atoms with Crippen LogP contribution in [0.4, 0.5) is 5.69 Å². The van der Waals surface area contributed by atoms with Gasteiger partial charge in [0.05, 0.1) is 37.4 Å². The van der Waals surface area contributed by atoms with E-state index < -0.39 is 11.6 Å². The number of furan rings is 1. The van der Waals surface area contributed by atoms with Crippen molar-refractivity contribution < 1.29 is 28.3 Å². The maximum absolute atomic E-state index is 13.5. The number of carbonyl (C=O) groups is 2. The van der Waals surface area contributed by atoms with Crippen molar-refractivity contribution in [2.45, 2.75) is 56.7 Å². The van der Waals surface area contributed by atoms with Crippen LogP contribution in [0.15, 0.2) is 41.5 Å². The minimum Gasteiger partial charge on any atom is -0.466 e. The van der Waals surface area contributed by atoms with Gasteiger partial charge >= 0.3 is 5.97 Å². The molecule has 1 unspecified atom stereocenters. The van der Waals surface area contributed by atoms with E-state index in [-0.39, 0.29) is 29.6 Å². The molecule has 4 fully saturated rings. The molecule has 2 aromatic rings. The second-order valence-corrected chi connectivity index (χ2v) is 10.2. The summed E-state index contributed by atoms with van der Waals surface area (Å²) in [6, 6.07) is 3.36. The molecule has 1 amide bonds. The molecule has 2 aromatic heterocycles. The van der Waals surface area contributed by atoms with Gasteiger partial charge in [0.25, 0.3) is 5.91 Å². The minimum absolute atomic E-state index is 0.102. The van der Waals surface area contributed by atoms with Crippen molar-refractivity contribution in [1.29, 1.82) is 0 Å². The Balaban J connectivity index is 1.29. The first-order valence-electron chi connectivity index (χ1n) is 12.4. The molecule has 0 aromatic carbocycles. The van der Waals surface area contributed by atoms with Crippen molar-refractivity contribution in [3.05, 3.63) is 42.9 Å². The Morgan fingerprint density at radius 1 is 1.15 bits per heavy atom. The zero-order chi connectivity index (χ0) is 23.6. The Morgan fingerprint density at radius 3 is 2.56 bits per heavy atom. The van der Waals surface area contributed by atoms with E-state index >= 15 is 0 Å². The van der Waals surface area contributed by atoms with Crippen molar-refractivity contribution in [2.75, 3.05) is 31.5 Å². The normalized spacial score (nSPS) is 28.7. The zero-order valence-electron chi connectivity index (χ0n) is 19.4. The van der Waals surface area contributed by atoms with Crippen molar-refractivity contribution >= 4 is 17.6 Å². The molecule has 6 rings (SSSR count). The Hall–Kier alpha value is -2.78. The third kappa shape index (κ3) is 4.46. The Labute approximate surface area is 199 Å². The predicted octanol–water partition coefficient (Wildman–Crippen LogP) is 2.63. The van der Waals surface area contributed by atoms with E-state index in [9.17, 15) is 14.7 Å². The number of hydrogen-bond acceptors (Lipinski definition) is 7.